The highest BCUT2D eigenvalue weighted by atomic mass is 32.2. The first-order chi connectivity index (χ1) is 11.5. The molecule has 0 radical (unpaired) electrons. The van der Waals surface area contributed by atoms with Gasteiger partial charge in [0.2, 0.25) is 10.0 Å². The Hall–Kier alpha value is -1.67. The minimum atomic E-state index is -3.45. The summed E-state index contributed by atoms with van der Waals surface area (Å²) in [4.78, 5) is 15.5. The monoisotopic (exact) mass is 353 g/mol. The largest absolute Gasteiger partial charge is 0.481 e. The standard InChI is InChI=1S/C16H23N3O4S/c20-16(21)12-3-5-13(6-4-12)18-15-11-14(7-8-17-15)24(22,23)19-9-1-2-10-19/h7-8,11-13H,1-6,9-10H2,(H,17,18)(H,20,21). The SMILES string of the molecule is O=C(O)C1CCC(Nc2cc(S(=O)(=O)N3CCCC3)ccn2)CC1. The van der Waals surface area contributed by atoms with Crippen molar-refractivity contribution in [1.82, 2.24) is 9.29 Å². The van der Waals surface area contributed by atoms with Crippen molar-refractivity contribution in [2.24, 2.45) is 5.92 Å². The van der Waals surface area contributed by atoms with Crippen molar-refractivity contribution in [1.29, 1.82) is 0 Å². The second kappa shape index (κ2) is 7.06. The van der Waals surface area contributed by atoms with Gasteiger partial charge in [0.05, 0.1) is 10.8 Å². The summed E-state index contributed by atoms with van der Waals surface area (Å²) in [5, 5.41) is 12.3. The van der Waals surface area contributed by atoms with Crippen molar-refractivity contribution in [3.05, 3.63) is 18.3 Å². The minimum Gasteiger partial charge on any atom is -0.481 e. The lowest BCUT2D eigenvalue weighted by Crippen LogP contribution is -2.30. The van der Waals surface area contributed by atoms with Crippen LogP contribution in [0.3, 0.4) is 0 Å². The molecule has 1 saturated heterocycles. The highest BCUT2D eigenvalue weighted by molar-refractivity contribution is 7.89. The molecule has 1 saturated carbocycles. The van der Waals surface area contributed by atoms with Gasteiger partial charge in [-0.2, -0.15) is 4.31 Å². The molecule has 0 amide bonds. The zero-order chi connectivity index (χ0) is 17.2. The smallest absolute Gasteiger partial charge is 0.306 e. The molecule has 3 rings (SSSR count). The summed E-state index contributed by atoms with van der Waals surface area (Å²) >= 11 is 0. The van der Waals surface area contributed by atoms with Crippen LogP contribution in [0.2, 0.25) is 0 Å². The van der Waals surface area contributed by atoms with Gasteiger partial charge in [-0.15, -0.1) is 0 Å². The predicted octanol–water partition coefficient (Wildman–Crippen LogP) is 1.92. The third kappa shape index (κ3) is 3.70. The first-order valence-electron chi connectivity index (χ1n) is 8.42. The molecule has 1 aromatic rings. The highest BCUT2D eigenvalue weighted by Gasteiger charge is 2.28. The van der Waals surface area contributed by atoms with Crippen molar-refractivity contribution in [2.75, 3.05) is 18.4 Å². The van der Waals surface area contributed by atoms with E-state index in [1.165, 1.54) is 16.6 Å². The number of rotatable bonds is 5. The first-order valence-corrected chi connectivity index (χ1v) is 9.86. The Labute approximate surface area is 142 Å². The van der Waals surface area contributed by atoms with Gasteiger partial charge in [-0.1, -0.05) is 0 Å². The molecule has 2 heterocycles. The number of nitrogens with one attached hydrogen (secondary N) is 1. The molecule has 7 nitrogen and oxygen atoms in total. The van der Waals surface area contributed by atoms with E-state index in [1.54, 1.807) is 6.07 Å². The maximum atomic E-state index is 12.6. The fraction of sp³-hybridized carbons (Fsp3) is 0.625. The van der Waals surface area contributed by atoms with Crippen molar-refractivity contribution < 1.29 is 18.3 Å². The summed E-state index contributed by atoms with van der Waals surface area (Å²) in [6, 6.07) is 3.25. The number of hydrogen-bond donors (Lipinski definition) is 2. The van der Waals surface area contributed by atoms with E-state index in [2.05, 4.69) is 10.3 Å². The van der Waals surface area contributed by atoms with Crippen LogP contribution in [0.5, 0.6) is 0 Å². The molecule has 0 bridgehead atoms. The van der Waals surface area contributed by atoms with Crippen molar-refractivity contribution in [2.45, 2.75) is 49.5 Å². The predicted molar refractivity (Wildman–Crippen MR) is 89.2 cm³/mol. The normalized spacial score (nSPS) is 25.5. The number of aliphatic carboxylic acids is 1. The molecule has 2 N–H and O–H groups in total. The Kier molecular flexibility index (Phi) is 5.05. The van der Waals surface area contributed by atoms with Crippen LogP contribution in [-0.2, 0) is 14.8 Å². The lowest BCUT2D eigenvalue weighted by atomic mass is 9.86. The first kappa shape index (κ1) is 17.2. The number of sulfonamides is 1. The molecule has 2 aliphatic rings. The summed E-state index contributed by atoms with van der Waals surface area (Å²) in [6.45, 7) is 1.15. The molecule has 1 aliphatic heterocycles. The average molecular weight is 353 g/mol. The van der Waals surface area contributed by atoms with Crippen LogP contribution >= 0.6 is 0 Å². The zero-order valence-electron chi connectivity index (χ0n) is 13.5. The summed E-state index contributed by atoms with van der Waals surface area (Å²) in [6.07, 6.45) is 6.10. The molecule has 0 unspecified atom stereocenters. The number of pyridine rings is 1. The van der Waals surface area contributed by atoms with Crippen LogP contribution < -0.4 is 5.32 Å². The number of carbonyl (C=O) groups is 1. The molecular formula is C16H23N3O4S. The molecule has 0 atom stereocenters. The van der Waals surface area contributed by atoms with Gasteiger partial charge in [0, 0.05) is 31.4 Å². The van der Waals surface area contributed by atoms with Gasteiger partial charge < -0.3 is 10.4 Å². The van der Waals surface area contributed by atoms with E-state index < -0.39 is 16.0 Å². The van der Waals surface area contributed by atoms with E-state index in [1.807, 2.05) is 0 Å². The molecule has 0 aromatic carbocycles. The van der Waals surface area contributed by atoms with Gasteiger partial charge in [0.1, 0.15) is 5.82 Å². The van der Waals surface area contributed by atoms with E-state index in [-0.39, 0.29) is 16.9 Å². The third-order valence-electron chi connectivity index (χ3n) is 4.86. The summed E-state index contributed by atoms with van der Waals surface area (Å²) in [7, 11) is -3.45. The van der Waals surface area contributed by atoms with Crippen LogP contribution in [0, 0.1) is 5.92 Å². The third-order valence-corrected chi connectivity index (χ3v) is 6.76. The van der Waals surface area contributed by atoms with Gasteiger partial charge in [-0.25, -0.2) is 13.4 Å². The quantitative estimate of drug-likeness (QED) is 0.839. The van der Waals surface area contributed by atoms with Crippen LogP contribution in [0.15, 0.2) is 23.2 Å². The Morgan fingerprint density at radius 2 is 1.88 bits per heavy atom. The van der Waals surface area contributed by atoms with Crippen molar-refractivity contribution in [3.63, 3.8) is 0 Å². The second-order valence-electron chi connectivity index (χ2n) is 6.52. The summed E-state index contributed by atoms with van der Waals surface area (Å²) in [5.41, 5.74) is 0. The van der Waals surface area contributed by atoms with Crippen molar-refractivity contribution >= 4 is 21.8 Å². The Morgan fingerprint density at radius 3 is 2.50 bits per heavy atom. The lowest BCUT2D eigenvalue weighted by molar-refractivity contribution is -0.142. The van der Waals surface area contributed by atoms with Crippen molar-refractivity contribution in [3.8, 4) is 0 Å². The summed E-state index contributed by atoms with van der Waals surface area (Å²) in [5.74, 6) is -0.461. The van der Waals surface area contributed by atoms with E-state index in [0.717, 1.165) is 25.7 Å². The van der Waals surface area contributed by atoms with E-state index in [4.69, 9.17) is 5.11 Å². The lowest BCUT2D eigenvalue weighted by Gasteiger charge is -2.27. The maximum absolute atomic E-state index is 12.6. The molecule has 2 fully saturated rings. The topological polar surface area (TPSA) is 99.6 Å². The Morgan fingerprint density at radius 1 is 1.21 bits per heavy atom. The number of aromatic nitrogens is 1. The van der Waals surface area contributed by atoms with Crippen LogP contribution in [0.25, 0.3) is 0 Å². The number of carboxylic acids is 1. The highest BCUT2D eigenvalue weighted by Crippen LogP contribution is 2.27. The number of carboxylic acid groups (broad SMARTS) is 1. The number of anilines is 1. The zero-order valence-corrected chi connectivity index (χ0v) is 14.3. The fourth-order valence-corrected chi connectivity index (χ4v) is 4.95. The van der Waals surface area contributed by atoms with Crippen LogP contribution in [-0.4, -0.2) is 47.9 Å². The number of hydrogen-bond acceptors (Lipinski definition) is 5. The molecule has 132 valence electrons. The maximum Gasteiger partial charge on any atom is 0.306 e. The second-order valence-corrected chi connectivity index (χ2v) is 8.46. The molecule has 24 heavy (non-hydrogen) atoms. The van der Waals surface area contributed by atoms with Crippen LogP contribution in [0.1, 0.15) is 38.5 Å². The average Bonchev–Trinajstić information content (AvgIpc) is 3.11. The van der Waals surface area contributed by atoms with E-state index in [0.29, 0.717) is 31.7 Å². The van der Waals surface area contributed by atoms with Gasteiger partial charge in [0.15, 0.2) is 0 Å². The molecular weight excluding hydrogens is 330 g/mol. The molecule has 1 aliphatic carbocycles. The van der Waals surface area contributed by atoms with Gasteiger partial charge in [-0.05, 0) is 44.6 Å². The van der Waals surface area contributed by atoms with Gasteiger partial charge >= 0.3 is 5.97 Å². The number of nitrogens with zero attached hydrogens (tertiary/aromatic N) is 2. The minimum absolute atomic E-state index is 0.137. The molecule has 0 spiro atoms. The summed E-state index contributed by atoms with van der Waals surface area (Å²) < 4.78 is 26.7. The molecule has 1 aromatic heterocycles. The Balaban J connectivity index is 1.67. The van der Waals surface area contributed by atoms with Gasteiger partial charge in [-0.3, -0.25) is 4.79 Å². The fourth-order valence-electron chi connectivity index (χ4n) is 3.42. The van der Waals surface area contributed by atoms with Crippen LogP contribution in [0.4, 0.5) is 5.82 Å². The van der Waals surface area contributed by atoms with E-state index >= 15 is 0 Å². The molecule has 8 heteroatoms. The Bertz CT molecular complexity index is 693. The van der Waals surface area contributed by atoms with Gasteiger partial charge in [0.25, 0.3) is 0 Å². The van der Waals surface area contributed by atoms with E-state index in [9.17, 15) is 13.2 Å².